The Hall–Kier alpha value is -2.54. The van der Waals surface area contributed by atoms with Crippen LogP contribution in [-0.2, 0) is 23.8 Å². The van der Waals surface area contributed by atoms with E-state index in [0.717, 1.165) is 30.6 Å². The smallest absolute Gasteiger partial charge is 0.274 e. The van der Waals surface area contributed by atoms with Gasteiger partial charge in [0.05, 0.1) is 32.8 Å². The summed E-state index contributed by atoms with van der Waals surface area (Å²) < 4.78 is 19.0. The molecule has 0 N–H and O–H groups in total. The maximum Gasteiger partial charge on any atom is 0.274 e. The number of methoxy groups -OCH3 is 2. The molecule has 0 radical (unpaired) electrons. The summed E-state index contributed by atoms with van der Waals surface area (Å²) in [5.74, 6) is 1.44. The molecular weight excluding hydrogens is 346 g/mol. The average Bonchev–Trinajstić information content (AvgIpc) is 3.14. The number of piperidine rings is 1. The van der Waals surface area contributed by atoms with Crippen LogP contribution in [0.5, 0.6) is 11.5 Å². The molecular formula is C20H25N3O4. The highest BCUT2D eigenvalue weighted by atomic mass is 16.5. The Labute approximate surface area is 158 Å². The summed E-state index contributed by atoms with van der Waals surface area (Å²) in [6.45, 7) is 1.96. The number of amides is 1. The lowest BCUT2D eigenvalue weighted by molar-refractivity contribution is -0.0936. The van der Waals surface area contributed by atoms with E-state index in [1.165, 1.54) is 5.56 Å². The number of hydrogen-bond donors (Lipinski definition) is 0. The van der Waals surface area contributed by atoms with Gasteiger partial charge in [0.25, 0.3) is 5.91 Å². The third kappa shape index (κ3) is 3.06. The van der Waals surface area contributed by atoms with Gasteiger partial charge in [-0.3, -0.25) is 4.79 Å². The zero-order chi connectivity index (χ0) is 19.0. The first kappa shape index (κ1) is 17.9. The normalized spacial score (nSPS) is 18.3. The predicted octanol–water partition coefficient (Wildman–Crippen LogP) is 2.14. The molecule has 1 fully saturated rings. The number of ether oxygens (including phenoxy) is 3. The lowest BCUT2D eigenvalue weighted by Crippen LogP contribution is -2.48. The fourth-order valence-corrected chi connectivity index (χ4v) is 4.16. The van der Waals surface area contributed by atoms with Crippen LogP contribution in [0.2, 0.25) is 0 Å². The molecule has 7 heteroatoms. The Morgan fingerprint density at radius 3 is 2.52 bits per heavy atom. The molecule has 144 valence electrons. The summed E-state index contributed by atoms with van der Waals surface area (Å²) in [5.41, 5.74) is 2.53. The van der Waals surface area contributed by atoms with Gasteiger partial charge in [0.2, 0.25) is 0 Å². The highest BCUT2D eigenvalue weighted by Gasteiger charge is 2.42. The van der Waals surface area contributed by atoms with Crippen LogP contribution in [0.1, 0.15) is 34.5 Å². The van der Waals surface area contributed by atoms with Crippen molar-refractivity contribution in [2.75, 3.05) is 33.9 Å². The zero-order valence-corrected chi connectivity index (χ0v) is 16.0. The summed E-state index contributed by atoms with van der Waals surface area (Å²) in [7, 11) is 5.17. The van der Waals surface area contributed by atoms with E-state index in [1.807, 2.05) is 18.0 Å². The molecule has 0 aliphatic carbocycles. The van der Waals surface area contributed by atoms with Crippen LogP contribution in [0.25, 0.3) is 0 Å². The van der Waals surface area contributed by atoms with Crippen molar-refractivity contribution in [3.8, 4) is 11.5 Å². The van der Waals surface area contributed by atoms with E-state index in [2.05, 4.69) is 11.1 Å². The summed E-state index contributed by atoms with van der Waals surface area (Å²) >= 11 is 0. The van der Waals surface area contributed by atoms with Crippen LogP contribution in [0.15, 0.2) is 24.7 Å². The second-order valence-electron chi connectivity index (χ2n) is 7.17. The predicted molar refractivity (Wildman–Crippen MR) is 99.2 cm³/mol. The third-order valence-corrected chi connectivity index (χ3v) is 5.63. The van der Waals surface area contributed by atoms with E-state index in [0.29, 0.717) is 31.1 Å². The fourth-order valence-electron chi connectivity index (χ4n) is 4.16. The lowest BCUT2D eigenvalue weighted by Gasteiger charge is -2.45. The van der Waals surface area contributed by atoms with Gasteiger partial charge in [-0.25, -0.2) is 4.98 Å². The quantitative estimate of drug-likeness (QED) is 0.827. The van der Waals surface area contributed by atoms with Gasteiger partial charge in [0, 0.05) is 26.3 Å². The molecule has 1 saturated heterocycles. The van der Waals surface area contributed by atoms with Crippen molar-refractivity contribution in [2.24, 2.45) is 7.05 Å². The van der Waals surface area contributed by atoms with Gasteiger partial charge >= 0.3 is 0 Å². The number of aromatic nitrogens is 2. The molecule has 3 heterocycles. The summed E-state index contributed by atoms with van der Waals surface area (Å²) in [4.78, 5) is 18.7. The van der Waals surface area contributed by atoms with Crippen LogP contribution in [0.3, 0.4) is 0 Å². The van der Waals surface area contributed by atoms with Crippen LogP contribution in [0, 0.1) is 0 Å². The number of carbonyl (C=O) groups is 1. The fraction of sp³-hybridized carbons (Fsp3) is 0.500. The molecule has 1 aromatic heterocycles. The molecule has 1 amide bonds. The molecule has 1 spiro atoms. The highest BCUT2D eigenvalue weighted by molar-refractivity contribution is 5.92. The average molecular weight is 371 g/mol. The largest absolute Gasteiger partial charge is 0.493 e. The van der Waals surface area contributed by atoms with E-state index in [4.69, 9.17) is 14.2 Å². The summed E-state index contributed by atoms with van der Waals surface area (Å²) in [6.07, 6.45) is 5.78. The van der Waals surface area contributed by atoms with Crippen molar-refractivity contribution in [3.05, 3.63) is 41.5 Å². The molecule has 4 rings (SSSR count). The van der Waals surface area contributed by atoms with Gasteiger partial charge in [-0.2, -0.15) is 0 Å². The molecule has 2 aromatic rings. The molecule has 2 aliphatic heterocycles. The number of hydrogen-bond acceptors (Lipinski definition) is 5. The number of likely N-dealkylation sites (tertiary alicyclic amines) is 1. The maximum atomic E-state index is 12.7. The van der Waals surface area contributed by atoms with Crippen molar-refractivity contribution < 1.29 is 19.0 Å². The van der Waals surface area contributed by atoms with Gasteiger partial charge in [-0.05, 0) is 42.5 Å². The Morgan fingerprint density at radius 2 is 1.89 bits per heavy atom. The Morgan fingerprint density at radius 1 is 1.19 bits per heavy atom. The molecule has 1 aromatic carbocycles. The molecule has 0 unspecified atom stereocenters. The number of imidazole rings is 1. The Bertz CT molecular complexity index is 853. The number of carbonyl (C=O) groups excluding carboxylic acids is 1. The van der Waals surface area contributed by atoms with Crippen molar-refractivity contribution in [1.82, 2.24) is 14.5 Å². The van der Waals surface area contributed by atoms with E-state index in [1.54, 1.807) is 31.3 Å². The van der Waals surface area contributed by atoms with Crippen LogP contribution < -0.4 is 9.47 Å². The van der Waals surface area contributed by atoms with Gasteiger partial charge in [-0.15, -0.1) is 0 Å². The summed E-state index contributed by atoms with van der Waals surface area (Å²) in [5, 5.41) is 0. The first-order valence-corrected chi connectivity index (χ1v) is 9.23. The number of fused-ring (bicyclic) bond motifs is 2. The molecule has 0 atom stereocenters. The minimum absolute atomic E-state index is 0.0196. The van der Waals surface area contributed by atoms with Gasteiger partial charge < -0.3 is 23.7 Å². The number of rotatable bonds is 3. The third-order valence-electron chi connectivity index (χ3n) is 5.63. The minimum atomic E-state index is -0.367. The SMILES string of the molecule is COc1cc2c(cc1OC)C1(CCN(C(=O)c3cn(C)cn3)CC1)OCC2. The van der Waals surface area contributed by atoms with Gasteiger partial charge in [-0.1, -0.05) is 0 Å². The second kappa shape index (κ2) is 6.88. The van der Waals surface area contributed by atoms with Crippen molar-refractivity contribution in [1.29, 1.82) is 0 Å². The second-order valence-corrected chi connectivity index (χ2v) is 7.17. The van der Waals surface area contributed by atoms with Crippen molar-refractivity contribution in [2.45, 2.75) is 24.9 Å². The minimum Gasteiger partial charge on any atom is -0.493 e. The molecule has 2 aliphatic rings. The zero-order valence-electron chi connectivity index (χ0n) is 16.0. The highest BCUT2D eigenvalue weighted by Crippen LogP contribution is 2.45. The topological polar surface area (TPSA) is 65.8 Å². The number of benzene rings is 1. The van der Waals surface area contributed by atoms with E-state index < -0.39 is 0 Å². The first-order chi connectivity index (χ1) is 13.1. The lowest BCUT2D eigenvalue weighted by atomic mass is 9.79. The van der Waals surface area contributed by atoms with E-state index >= 15 is 0 Å². The van der Waals surface area contributed by atoms with Gasteiger partial charge in [0.15, 0.2) is 11.5 Å². The summed E-state index contributed by atoms with van der Waals surface area (Å²) in [6, 6.07) is 4.10. The Balaban J connectivity index is 1.57. The van der Waals surface area contributed by atoms with Crippen LogP contribution in [0.4, 0.5) is 0 Å². The van der Waals surface area contributed by atoms with E-state index in [-0.39, 0.29) is 11.5 Å². The monoisotopic (exact) mass is 371 g/mol. The van der Waals surface area contributed by atoms with Crippen LogP contribution in [-0.4, -0.2) is 54.3 Å². The van der Waals surface area contributed by atoms with Crippen molar-refractivity contribution in [3.63, 3.8) is 0 Å². The molecule has 0 saturated carbocycles. The van der Waals surface area contributed by atoms with E-state index in [9.17, 15) is 4.79 Å². The van der Waals surface area contributed by atoms with Gasteiger partial charge in [0.1, 0.15) is 5.69 Å². The number of nitrogens with zero attached hydrogens (tertiary/aromatic N) is 3. The molecule has 7 nitrogen and oxygen atoms in total. The standard InChI is InChI=1S/C20H25N3O4/c1-22-12-16(21-13-22)19(24)23-7-5-20(6-8-23)15-11-18(26-3)17(25-2)10-14(15)4-9-27-20/h10-13H,4-9H2,1-3H3. The van der Waals surface area contributed by atoms with Crippen LogP contribution >= 0.6 is 0 Å². The molecule has 27 heavy (non-hydrogen) atoms. The molecule has 0 bridgehead atoms. The Kier molecular flexibility index (Phi) is 4.55. The number of aryl methyl sites for hydroxylation is 1. The van der Waals surface area contributed by atoms with Crippen molar-refractivity contribution >= 4 is 5.91 Å². The maximum absolute atomic E-state index is 12.7. The first-order valence-electron chi connectivity index (χ1n) is 9.23.